The minimum Gasteiger partial charge on any atom is -0.466 e. The summed E-state index contributed by atoms with van der Waals surface area (Å²) in [6, 6.07) is 9.84. The van der Waals surface area contributed by atoms with Crippen molar-refractivity contribution >= 4 is 11.6 Å². The fourth-order valence-electron chi connectivity index (χ4n) is 2.28. The Kier molecular flexibility index (Phi) is 4.81. The van der Waals surface area contributed by atoms with Crippen molar-refractivity contribution in [2.75, 3.05) is 11.9 Å². The predicted octanol–water partition coefficient (Wildman–Crippen LogP) is 3.49. The van der Waals surface area contributed by atoms with E-state index in [0.29, 0.717) is 0 Å². The first-order chi connectivity index (χ1) is 9.95. The lowest BCUT2D eigenvalue weighted by atomic mass is 10.1. The number of nitrogens with one attached hydrogen (secondary N) is 2. The van der Waals surface area contributed by atoms with Crippen LogP contribution in [0.3, 0.4) is 0 Å². The van der Waals surface area contributed by atoms with Gasteiger partial charge in [0.15, 0.2) is 0 Å². The summed E-state index contributed by atoms with van der Waals surface area (Å²) in [5.41, 5.74) is 3.08. The molecule has 0 aliphatic rings. The van der Waals surface area contributed by atoms with Crippen LogP contribution in [-0.4, -0.2) is 12.5 Å². The Hall–Kier alpha value is -2.07. The van der Waals surface area contributed by atoms with Crippen molar-refractivity contribution in [3.63, 3.8) is 0 Å². The van der Waals surface area contributed by atoms with Crippen LogP contribution in [-0.2, 0) is 4.79 Å². The summed E-state index contributed by atoms with van der Waals surface area (Å²) < 4.78 is 5.51. The zero-order chi connectivity index (χ0) is 15.4. The van der Waals surface area contributed by atoms with Crippen molar-refractivity contribution in [1.29, 1.82) is 0 Å². The molecule has 2 aromatic rings. The highest BCUT2D eigenvalue weighted by molar-refractivity contribution is 5.92. The number of amides is 1. The van der Waals surface area contributed by atoms with Gasteiger partial charge >= 0.3 is 0 Å². The fraction of sp³-hybridized carbons (Fsp3) is 0.353. The van der Waals surface area contributed by atoms with E-state index in [1.807, 2.05) is 58.0 Å². The van der Waals surface area contributed by atoms with E-state index in [9.17, 15) is 4.79 Å². The lowest BCUT2D eigenvalue weighted by Crippen LogP contribution is -2.30. The van der Waals surface area contributed by atoms with Gasteiger partial charge in [-0.1, -0.05) is 17.7 Å². The van der Waals surface area contributed by atoms with Gasteiger partial charge in [0.25, 0.3) is 0 Å². The SMILES string of the molecule is Cc1ccc(NC(=O)CNC(C)c2cc(C)oc2C)cc1. The molecule has 0 saturated carbocycles. The molecule has 4 nitrogen and oxygen atoms in total. The average Bonchev–Trinajstić information content (AvgIpc) is 2.78. The van der Waals surface area contributed by atoms with Crippen molar-refractivity contribution in [2.24, 2.45) is 0 Å². The molecule has 0 radical (unpaired) electrons. The first-order valence-corrected chi connectivity index (χ1v) is 7.12. The number of hydrogen-bond acceptors (Lipinski definition) is 3. The van der Waals surface area contributed by atoms with Gasteiger partial charge in [-0.3, -0.25) is 4.79 Å². The second-order valence-corrected chi connectivity index (χ2v) is 5.39. The molecule has 2 N–H and O–H groups in total. The standard InChI is InChI=1S/C17H22N2O2/c1-11-5-7-15(8-6-11)19-17(20)10-18-13(3)16-9-12(2)21-14(16)4/h5-9,13,18H,10H2,1-4H3,(H,19,20). The molecule has 2 rings (SSSR count). The van der Waals surface area contributed by atoms with Gasteiger partial charge in [0.1, 0.15) is 11.5 Å². The van der Waals surface area contributed by atoms with Gasteiger partial charge in [0, 0.05) is 17.3 Å². The average molecular weight is 286 g/mol. The molecule has 1 atom stereocenters. The zero-order valence-electron chi connectivity index (χ0n) is 13.0. The molecule has 1 amide bonds. The molecule has 0 aliphatic heterocycles. The number of anilines is 1. The number of benzene rings is 1. The Bertz CT molecular complexity index is 614. The van der Waals surface area contributed by atoms with E-state index in [0.717, 1.165) is 22.8 Å². The third-order valence-corrected chi connectivity index (χ3v) is 3.45. The van der Waals surface area contributed by atoms with Gasteiger partial charge in [-0.25, -0.2) is 0 Å². The first-order valence-electron chi connectivity index (χ1n) is 7.12. The summed E-state index contributed by atoms with van der Waals surface area (Å²) in [7, 11) is 0. The van der Waals surface area contributed by atoms with Crippen LogP contribution in [0.25, 0.3) is 0 Å². The summed E-state index contributed by atoms with van der Waals surface area (Å²) in [4.78, 5) is 11.9. The second-order valence-electron chi connectivity index (χ2n) is 5.39. The Labute approximate surface area is 125 Å². The molecular weight excluding hydrogens is 264 g/mol. The fourth-order valence-corrected chi connectivity index (χ4v) is 2.28. The normalized spacial score (nSPS) is 12.2. The molecular formula is C17H22N2O2. The van der Waals surface area contributed by atoms with Gasteiger partial charge in [-0.05, 0) is 45.9 Å². The van der Waals surface area contributed by atoms with E-state index >= 15 is 0 Å². The van der Waals surface area contributed by atoms with Crippen LogP contribution in [0.1, 0.15) is 35.6 Å². The number of rotatable bonds is 5. The van der Waals surface area contributed by atoms with Crippen molar-refractivity contribution in [1.82, 2.24) is 5.32 Å². The second kappa shape index (κ2) is 6.59. The largest absolute Gasteiger partial charge is 0.466 e. The number of hydrogen-bond donors (Lipinski definition) is 2. The van der Waals surface area contributed by atoms with Gasteiger partial charge in [-0.2, -0.15) is 0 Å². The summed E-state index contributed by atoms with van der Waals surface area (Å²) in [6.07, 6.45) is 0. The molecule has 1 aromatic heterocycles. The minimum atomic E-state index is -0.0522. The van der Waals surface area contributed by atoms with Gasteiger partial charge in [0.05, 0.1) is 6.54 Å². The number of aryl methyl sites for hydroxylation is 3. The van der Waals surface area contributed by atoms with Gasteiger partial charge in [0.2, 0.25) is 5.91 Å². The highest BCUT2D eigenvalue weighted by atomic mass is 16.3. The van der Waals surface area contributed by atoms with E-state index in [1.54, 1.807) is 0 Å². The topological polar surface area (TPSA) is 54.3 Å². The summed E-state index contributed by atoms with van der Waals surface area (Å²) >= 11 is 0. The molecule has 112 valence electrons. The maximum atomic E-state index is 11.9. The van der Waals surface area contributed by atoms with Crippen molar-refractivity contribution in [3.05, 3.63) is 53.0 Å². The van der Waals surface area contributed by atoms with Crippen LogP contribution in [0.2, 0.25) is 0 Å². The number of carbonyl (C=O) groups is 1. The third kappa shape index (κ3) is 4.20. The van der Waals surface area contributed by atoms with Crippen LogP contribution in [0.5, 0.6) is 0 Å². The lowest BCUT2D eigenvalue weighted by molar-refractivity contribution is -0.115. The molecule has 0 aliphatic carbocycles. The van der Waals surface area contributed by atoms with E-state index in [-0.39, 0.29) is 18.5 Å². The molecule has 1 unspecified atom stereocenters. The predicted molar refractivity (Wildman–Crippen MR) is 84.4 cm³/mol. The Morgan fingerprint density at radius 2 is 1.86 bits per heavy atom. The molecule has 21 heavy (non-hydrogen) atoms. The Balaban J connectivity index is 1.86. The van der Waals surface area contributed by atoms with E-state index < -0.39 is 0 Å². The smallest absolute Gasteiger partial charge is 0.238 e. The molecule has 0 bridgehead atoms. The molecule has 0 saturated heterocycles. The molecule has 1 heterocycles. The summed E-state index contributed by atoms with van der Waals surface area (Å²) in [6.45, 7) is 8.17. The van der Waals surface area contributed by atoms with Crippen LogP contribution in [0, 0.1) is 20.8 Å². The molecule has 4 heteroatoms. The molecule has 0 spiro atoms. The first kappa shape index (κ1) is 15.3. The van der Waals surface area contributed by atoms with E-state index in [2.05, 4.69) is 10.6 Å². The van der Waals surface area contributed by atoms with Crippen molar-refractivity contribution in [2.45, 2.75) is 33.7 Å². The van der Waals surface area contributed by atoms with Crippen molar-refractivity contribution in [3.8, 4) is 0 Å². The van der Waals surface area contributed by atoms with Crippen LogP contribution in [0.4, 0.5) is 5.69 Å². The zero-order valence-corrected chi connectivity index (χ0v) is 13.0. The van der Waals surface area contributed by atoms with Gasteiger partial charge in [-0.15, -0.1) is 0 Å². The van der Waals surface area contributed by atoms with Crippen LogP contribution in [0.15, 0.2) is 34.7 Å². The Morgan fingerprint density at radius 3 is 2.43 bits per heavy atom. The van der Waals surface area contributed by atoms with Crippen molar-refractivity contribution < 1.29 is 9.21 Å². The third-order valence-electron chi connectivity index (χ3n) is 3.45. The number of carbonyl (C=O) groups excluding carboxylic acids is 1. The summed E-state index contributed by atoms with van der Waals surface area (Å²) in [5.74, 6) is 1.73. The lowest BCUT2D eigenvalue weighted by Gasteiger charge is -2.13. The maximum absolute atomic E-state index is 11.9. The quantitative estimate of drug-likeness (QED) is 0.884. The van der Waals surface area contributed by atoms with Crippen LogP contribution < -0.4 is 10.6 Å². The highest BCUT2D eigenvalue weighted by Crippen LogP contribution is 2.20. The summed E-state index contributed by atoms with van der Waals surface area (Å²) in [5, 5.41) is 6.08. The highest BCUT2D eigenvalue weighted by Gasteiger charge is 2.13. The van der Waals surface area contributed by atoms with E-state index in [4.69, 9.17) is 4.42 Å². The van der Waals surface area contributed by atoms with E-state index in [1.165, 1.54) is 5.56 Å². The number of furan rings is 1. The molecule has 0 fully saturated rings. The Morgan fingerprint density at radius 1 is 1.19 bits per heavy atom. The van der Waals surface area contributed by atoms with Crippen LogP contribution >= 0.6 is 0 Å². The molecule has 1 aromatic carbocycles. The monoisotopic (exact) mass is 286 g/mol. The minimum absolute atomic E-state index is 0.0522. The van der Waals surface area contributed by atoms with Gasteiger partial charge < -0.3 is 15.1 Å². The maximum Gasteiger partial charge on any atom is 0.238 e.